The molecule has 1 heterocycles. The third kappa shape index (κ3) is 10.5. The van der Waals surface area contributed by atoms with Crippen LogP contribution in [-0.4, -0.2) is 73.6 Å². The predicted molar refractivity (Wildman–Crippen MR) is 128 cm³/mol. The molecule has 1 aliphatic heterocycles. The van der Waals surface area contributed by atoms with Crippen molar-refractivity contribution in [2.75, 3.05) is 45.9 Å². The van der Waals surface area contributed by atoms with E-state index in [1.165, 1.54) is 0 Å². The van der Waals surface area contributed by atoms with Crippen LogP contribution in [0, 0.1) is 0 Å². The summed E-state index contributed by atoms with van der Waals surface area (Å²) in [7, 11) is 0. The summed E-state index contributed by atoms with van der Waals surface area (Å²) in [5, 5.41) is 17.2. The van der Waals surface area contributed by atoms with Crippen molar-refractivity contribution < 1.29 is 14.6 Å². The van der Waals surface area contributed by atoms with Gasteiger partial charge in [-0.2, -0.15) is 0 Å². The number of halogens is 1. The molecule has 7 nitrogen and oxygen atoms in total. The summed E-state index contributed by atoms with van der Waals surface area (Å²) >= 11 is 0. The van der Waals surface area contributed by atoms with Crippen LogP contribution in [0.4, 0.5) is 0 Å². The Morgan fingerprint density at radius 1 is 1.24 bits per heavy atom. The zero-order valence-electron chi connectivity index (χ0n) is 18.1. The Labute approximate surface area is 192 Å². The van der Waals surface area contributed by atoms with E-state index < -0.39 is 5.60 Å². The lowest BCUT2D eigenvalue weighted by Crippen LogP contribution is -2.52. The molecule has 3 N–H and O–H groups in total. The maximum absolute atomic E-state index is 10.7. The van der Waals surface area contributed by atoms with Crippen LogP contribution in [0.1, 0.15) is 33.3 Å². The lowest BCUT2D eigenvalue weighted by atomic mass is 10.1. The molecule has 0 bridgehead atoms. The first-order valence-corrected chi connectivity index (χ1v) is 10.2. The Balaban J connectivity index is 0.00000420. The van der Waals surface area contributed by atoms with E-state index in [4.69, 9.17) is 9.47 Å². The fourth-order valence-corrected chi connectivity index (χ4v) is 3.03. The number of rotatable bonds is 9. The number of benzene rings is 1. The molecule has 166 valence electrons. The van der Waals surface area contributed by atoms with Gasteiger partial charge in [0, 0.05) is 32.7 Å². The SMILES string of the molecule is CCNC(=NCc1ccc(OC(C)C)cc1)NCC(C)(O)CN1CCOCC1.I. The maximum atomic E-state index is 10.7. The number of nitrogens with zero attached hydrogens (tertiary/aromatic N) is 2. The molecule has 1 aromatic carbocycles. The number of β-amino-alcohol motifs (C(OH)–C–C–N with tert-alkyl or cyclic N) is 1. The zero-order valence-corrected chi connectivity index (χ0v) is 20.4. The van der Waals surface area contributed by atoms with E-state index in [1.807, 2.05) is 52.0 Å². The number of ether oxygens (including phenoxy) is 2. The van der Waals surface area contributed by atoms with E-state index in [9.17, 15) is 5.11 Å². The Hall–Kier alpha value is -1.10. The minimum absolute atomic E-state index is 0. The topological polar surface area (TPSA) is 78.4 Å². The summed E-state index contributed by atoms with van der Waals surface area (Å²) in [5.41, 5.74) is 0.261. The number of aliphatic hydroxyl groups is 1. The van der Waals surface area contributed by atoms with Gasteiger partial charge in [0.15, 0.2) is 5.96 Å². The summed E-state index contributed by atoms with van der Waals surface area (Å²) in [6.07, 6.45) is 0.165. The van der Waals surface area contributed by atoms with Crippen molar-refractivity contribution in [2.24, 2.45) is 4.99 Å². The fraction of sp³-hybridized carbons (Fsp3) is 0.667. The standard InChI is InChI=1S/C21H36N4O3.HI/c1-5-22-20(23-14-18-6-8-19(9-7-18)28-17(2)3)24-15-21(4,26)16-25-10-12-27-13-11-25;/h6-9,17,26H,5,10-16H2,1-4H3,(H2,22,23,24);1H. The Morgan fingerprint density at radius 3 is 2.48 bits per heavy atom. The Kier molecular flexibility index (Phi) is 11.9. The van der Waals surface area contributed by atoms with Gasteiger partial charge in [0.1, 0.15) is 5.75 Å². The number of nitrogens with one attached hydrogen (secondary N) is 2. The minimum atomic E-state index is -0.844. The maximum Gasteiger partial charge on any atom is 0.191 e. The van der Waals surface area contributed by atoms with Gasteiger partial charge < -0.3 is 25.2 Å². The average Bonchev–Trinajstić information content (AvgIpc) is 2.65. The summed E-state index contributed by atoms with van der Waals surface area (Å²) in [5.74, 6) is 1.57. The van der Waals surface area contributed by atoms with Crippen LogP contribution in [0.2, 0.25) is 0 Å². The highest BCUT2D eigenvalue weighted by Gasteiger charge is 2.25. The van der Waals surface area contributed by atoms with Gasteiger partial charge in [0.25, 0.3) is 0 Å². The van der Waals surface area contributed by atoms with Crippen molar-refractivity contribution in [2.45, 2.75) is 45.9 Å². The number of aliphatic imine (C=N–C) groups is 1. The first-order valence-electron chi connectivity index (χ1n) is 10.2. The monoisotopic (exact) mass is 520 g/mol. The minimum Gasteiger partial charge on any atom is -0.491 e. The molecule has 1 aromatic rings. The molecule has 8 heteroatoms. The van der Waals surface area contributed by atoms with Gasteiger partial charge in [-0.1, -0.05) is 12.1 Å². The second-order valence-electron chi connectivity index (χ2n) is 7.74. The Morgan fingerprint density at radius 2 is 1.90 bits per heavy atom. The van der Waals surface area contributed by atoms with Gasteiger partial charge in [-0.25, -0.2) is 4.99 Å². The van der Waals surface area contributed by atoms with Crippen molar-refractivity contribution in [1.29, 1.82) is 0 Å². The molecule has 2 rings (SSSR count). The molecule has 1 atom stereocenters. The lowest BCUT2D eigenvalue weighted by Gasteiger charge is -2.34. The second kappa shape index (κ2) is 13.3. The molecule has 1 saturated heterocycles. The smallest absolute Gasteiger partial charge is 0.191 e. The zero-order chi connectivity index (χ0) is 20.4. The van der Waals surface area contributed by atoms with E-state index in [-0.39, 0.29) is 30.1 Å². The van der Waals surface area contributed by atoms with Crippen molar-refractivity contribution in [3.63, 3.8) is 0 Å². The first kappa shape index (κ1) is 25.9. The van der Waals surface area contributed by atoms with E-state index in [0.29, 0.717) is 25.6 Å². The summed E-state index contributed by atoms with van der Waals surface area (Å²) in [6, 6.07) is 8.00. The summed E-state index contributed by atoms with van der Waals surface area (Å²) in [4.78, 5) is 6.87. The highest BCUT2D eigenvalue weighted by Crippen LogP contribution is 2.14. The first-order chi connectivity index (χ1) is 13.4. The summed E-state index contributed by atoms with van der Waals surface area (Å²) in [6.45, 7) is 13.5. The average molecular weight is 520 g/mol. The highest BCUT2D eigenvalue weighted by atomic mass is 127. The molecular weight excluding hydrogens is 483 g/mol. The molecule has 0 amide bonds. The molecule has 0 spiro atoms. The predicted octanol–water partition coefficient (Wildman–Crippen LogP) is 2.23. The van der Waals surface area contributed by atoms with E-state index in [1.54, 1.807) is 0 Å². The fourth-order valence-electron chi connectivity index (χ4n) is 3.03. The van der Waals surface area contributed by atoms with E-state index in [0.717, 1.165) is 44.2 Å². The number of hydrogen-bond acceptors (Lipinski definition) is 5. The van der Waals surface area contributed by atoms with Crippen molar-refractivity contribution in [3.05, 3.63) is 29.8 Å². The van der Waals surface area contributed by atoms with Crippen molar-refractivity contribution in [3.8, 4) is 5.75 Å². The highest BCUT2D eigenvalue weighted by molar-refractivity contribution is 14.0. The number of guanidine groups is 1. The number of morpholine rings is 1. The van der Waals surface area contributed by atoms with Gasteiger partial charge in [0.05, 0.1) is 31.5 Å². The van der Waals surface area contributed by atoms with Crippen molar-refractivity contribution >= 4 is 29.9 Å². The molecule has 0 saturated carbocycles. The van der Waals surface area contributed by atoms with Gasteiger partial charge in [-0.3, -0.25) is 4.90 Å². The van der Waals surface area contributed by atoms with Gasteiger partial charge >= 0.3 is 0 Å². The molecule has 0 aromatic heterocycles. The van der Waals surface area contributed by atoms with Crippen LogP contribution in [0.25, 0.3) is 0 Å². The van der Waals surface area contributed by atoms with Gasteiger partial charge in [-0.05, 0) is 45.4 Å². The largest absolute Gasteiger partial charge is 0.491 e. The third-order valence-electron chi connectivity index (χ3n) is 4.36. The van der Waals surface area contributed by atoms with Gasteiger partial charge in [0.2, 0.25) is 0 Å². The van der Waals surface area contributed by atoms with E-state index in [2.05, 4.69) is 20.5 Å². The van der Waals surface area contributed by atoms with E-state index >= 15 is 0 Å². The van der Waals surface area contributed by atoms with Crippen LogP contribution in [0.3, 0.4) is 0 Å². The molecular formula is C21H37IN4O3. The molecule has 1 fully saturated rings. The van der Waals surface area contributed by atoms with Crippen LogP contribution in [0.15, 0.2) is 29.3 Å². The van der Waals surface area contributed by atoms with Gasteiger partial charge in [-0.15, -0.1) is 24.0 Å². The van der Waals surface area contributed by atoms with Crippen LogP contribution < -0.4 is 15.4 Å². The molecule has 29 heavy (non-hydrogen) atoms. The molecule has 1 aliphatic rings. The van der Waals surface area contributed by atoms with Crippen molar-refractivity contribution in [1.82, 2.24) is 15.5 Å². The molecule has 1 unspecified atom stereocenters. The normalized spacial score (nSPS) is 17.4. The second-order valence-corrected chi connectivity index (χ2v) is 7.74. The van der Waals surface area contributed by atoms with Crippen LogP contribution in [-0.2, 0) is 11.3 Å². The van der Waals surface area contributed by atoms with Crippen LogP contribution in [0.5, 0.6) is 5.75 Å². The molecule has 0 radical (unpaired) electrons. The Bertz CT molecular complexity index is 602. The lowest BCUT2D eigenvalue weighted by molar-refractivity contribution is -0.0201. The quantitative estimate of drug-likeness (QED) is 0.264. The summed E-state index contributed by atoms with van der Waals surface area (Å²) < 4.78 is 11.0. The number of hydrogen-bond donors (Lipinski definition) is 3. The molecule has 0 aliphatic carbocycles. The van der Waals surface area contributed by atoms with Crippen LogP contribution >= 0.6 is 24.0 Å². The third-order valence-corrected chi connectivity index (χ3v) is 4.36.